The summed E-state index contributed by atoms with van der Waals surface area (Å²) < 4.78 is 0. The Morgan fingerprint density at radius 1 is 1.18 bits per heavy atom. The Labute approximate surface area is 130 Å². The molecule has 2 heterocycles. The number of hydrogen-bond donors (Lipinski definition) is 2. The Hall–Kier alpha value is -2.01. The molecule has 2 aromatic heterocycles. The lowest BCUT2D eigenvalue weighted by Crippen LogP contribution is -2.36. The zero-order valence-corrected chi connectivity index (χ0v) is 12.9. The van der Waals surface area contributed by atoms with Gasteiger partial charge in [-0.05, 0) is 31.4 Å². The molecule has 0 saturated heterocycles. The van der Waals surface area contributed by atoms with Gasteiger partial charge in [-0.3, -0.25) is 4.98 Å². The number of rotatable bonds is 4. The van der Waals surface area contributed by atoms with Crippen LogP contribution in [0.2, 0.25) is 0 Å². The summed E-state index contributed by atoms with van der Waals surface area (Å²) in [7, 11) is 0. The number of aromatic nitrogens is 3. The van der Waals surface area contributed by atoms with E-state index in [1.54, 1.807) is 12.4 Å². The van der Waals surface area contributed by atoms with Crippen LogP contribution in [-0.2, 0) is 6.42 Å². The van der Waals surface area contributed by atoms with E-state index in [-0.39, 0.29) is 12.1 Å². The smallest absolute Gasteiger partial charge is 0.161 e. The topological polar surface area (TPSA) is 70.9 Å². The van der Waals surface area contributed by atoms with Gasteiger partial charge in [0, 0.05) is 29.7 Å². The van der Waals surface area contributed by atoms with Crippen molar-refractivity contribution < 1.29 is 5.11 Å². The Bertz CT molecular complexity index is 617. The molecule has 0 bridgehead atoms. The van der Waals surface area contributed by atoms with Crippen molar-refractivity contribution in [2.45, 2.75) is 51.2 Å². The van der Waals surface area contributed by atoms with E-state index in [0.29, 0.717) is 5.82 Å². The zero-order chi connectivity index (χ0) is 15.4. The summed E-state index contributed by atoms with van der Waals surface area (Å²) in [5.41, 5.74) is 1.95. The molecular formula is C17H22N4O. The van der Waals surface area contributed by atoms with Gasteiger partial charge in [0.25, 0.3) is 0 Å². The number of nitrogens with zero attached hydrogens (tertiary/aromatic N) is 3. The lowest BCUT2D eigenvalue weighted by Gasteiger charge is -2.28. The van der Waals surface area contributed by atoms with Crippen LogP contribution in [0.25, 0.3) is 11.4 Å². The van der Waals surface area contributed by atoms with Gasteiger partial charge in [-0.1, -0.05) is 19.8 Å². The number of pyridine rings is 1. The third-order valence-corrected chi connectivity index (χ3v) is 4.14. The third-order valence-electron chi connectivity index (χ3n) is 4.14. The van der Waals surface area contributed by atoms with Crippen molar-refractivity contribution in [1.29, 1.82) is 0 Å². The SMILES string of the molecule is CCc1cc(N[C@H]2CCCC[C@@H]2O)nc(-c2ccncc2)n1. The van der Waals surface area contributed by atoms with Crippen molar-refractivity contribution in [3.8, 4) is 11.4 Å². The Morgan fingerprint density at radius 2 is 1.95 bits per heavy atom. The largest absolute Gasteiger partial charge is 0.391 e. The lowest BCUT2D eigenvalue weighted by atomic mass is 9.92. The van der Waals surface area contributed by atoms with Crippen LogP contribution in [0.1, 0.15) is 38.3 Å². The van der Waals surface area contributed by atoms with E-state index in [0.717, 1.165) is 49.2 Å². The van der Waals surface area contributed by atoms with Crippen molar-refractivity contribution >= 4 is 5.82 Å². The quantitative estimate of drug-likeness (QED) is 0.908. The number of nitrogens with one attached hydrogen (secondary N) is 1. The van der Waals surface area contributed by atoms with E-state index >= 15 is 0 Å². The molecule has 2 aromatic rings. The van der Waals surface area contributed by atoms with E-state index < -0.39 is 0 Å². The molecule has 0 amide bonds. The van der Waals surface area contributed by atoms with Crippen LogP contribution in [0, 0.1) is 0 Å². The second-order valence-corrected chi connectivity index (χ2v) is 5.76. The third kappa shape index (κ3) is 3.42. The second-order valence-electron chi connectivity index (χ2n) is 5.76. The molecule has 0 unspecified atom stereocenters. The Kier molecular flexibility index (Phi) is 4.63. The van der Waals surface area contributed by atoms with Crippen LogP contribution in [-0.4, -0.2) is 32.2 Å². The minimum atomic E-state index is -0.293. The minimum Gasteiger partial charge on any atom is -0.391 e. The summed E-state index contributed by atoms with van der Waals surface area (Å²) in [4.78, 5) is 13.2. The van der Waals surface area contributed by atoms with E-state index in [1.165, 1.54) is 0 Å². The van der Waals surface area contributed by atoms with Gasteiger partial charge >= 0.3 is 0 Å². The van der Waals surface area contributed by atoms with Gasteiger partial charge in [-0.2, -0.15) is 0 Å². The molecule has 0 spiro atoms. The van der Waals surface area contributed by atoms with Crippen molar-refractivity contribution in [1.82, 2.24) is 15.0 Å². The highest BCUT2D eigenvalue weighted by molar-refractivity contribution is 5.57. The average Bonchev–Trinajstić information content (AvgIpc) is 2.57. The van der Waals surface area contributed by atoms with Gasteiger partial charge in [-0.15, -0.1) is 0 Å². The van der Waals surface area contributed by atoms with Crippen LogP contribution in [0.5, 0.6) is 0 Å². The molecule has 22 heavy (non-hydrogen) atoms. The molecular weight excluding hydrogens is 276 g/mol. The van der Waals surface area contributed by atoms with Crippen molar-refractivity contribution in [2.24, 2.45) is 0 Å². The van der Waals surface area contributed by atoms with Crippen LogP contribution in [0.15, 0.2) is 30.6 Å². The number of anilines is 1. The lowest BCUT2D eigenvalue weighted by molar-refractivity contribution is 0.116. The molecule has 0 radical (unpaired) electrons. The number of hydrogen-bond acceptors (Lipinski definition) is 5. The predicted molar refractivity (Wildman–Crippen MR) is 86.5 cm³/mol. The fourth-order valence-electron chi connectivity index (χ4n) is 2.85. The van der Waals surface area contributed by atoms with Gasteiger partial charge in [0.05, 0.1) is 12.1 Å². The fourth-order valence-corrected chi connectivity index (χ4v) is 2.85. The summed E-state index contributed by atoms with van der Waals surface area (Å²) in [6.45, 7) is 2.08. The molecule has 1 aliphatic carbocycles. The highest BCUT2D eigenvalue weighted by Gasteiger charge is 2.23. The second kappa shape index (κ2) is 6.83. The first-order valence-electron chi connectivity index (χ1n) is 7.99. The van der Waals surface area contributed by atoms with Crippen LogP contribution in [0.4, 0.5) is 5.82 Å². The summed E-state index contributed by atoms with van der Waals surface area (Å²) in [6.07, 6.45) is 8.15. The molecule has 3 rings (SSSR count). The highest BCUT2D eigenvalue weighted by atomic mass is 16.3. The number of aliphatic hydroxyl groups is 1. The maximum Gasteiger partial charge on any atom is 0.161 e. The summed E-state index contributed by atoms with van der Waals surface area (Å²) in [6, 6.07) is 5.88. The first-order chi connectivity index (χ1) is 10.8. The van der Waals surface area contributed by atoms with Gasteiger partial charge in [0.1, 0.15) is 5.82 Å². The maximum atomic E-state index is 10.1. The average molecular weight is 298 g/mol. The molecule has 1 saturated carbocycles. The van der Waals surface area contributed by atoms with Gasteiger partial charge in [0.15, 0.2) is 5.82 Å². The van der Waals surface area contributed by atoms with Crippen LogP contribution >= 0.6 is 0 Å². The Balaban J connectivity index is 1.87. The molecule has 5 nitrogen and oxygen atoms in total. The molecule has 0 aromatic carbocycles. The van der Waals surface area contributed by atoms with E-state index in [1.807, 2.05) is 18.2 Å². The summed E-state index contributed by atoms with van der Waals surface area (Å²) >= 11 is 0. The van der Waals surface area contributed by atoms with Gasteiger partial charge in [0.2, 0.25) is 0 Å². The summed E-state index contributed by atoms with van der Waals surface area (Å²) in [5, 5.41) is 13.5. The maximum absolute atomic E-state index is 10.1. The summed E-state index contributed by atoms with van der Waals surface area (Å²) in [5.74, 6) is 1.50. The molecule has 1 fully saturated rings. The number of aliphatic hydroxyl groups excluding tert-OH is 1. The predicted octanol–water partition coefficient (Wildman–Crippen LogP) is 2.82. The molecule has 2 atom stereocenters. The first-order valence-corrected chi connectivity index (χ1v) is 7.99. The van der Waals surface area contributed by atoms with Crippen LogP contribution < -0.4 is 5.32 Å². The normalized spacial score (nSPS) is 21.5. The molecule has 0 aliphatic heterocycles. The van der Waals surface area contributed by atoms with Crippen molar-refractivity contribution in [2.75, 3.05) is 5.32 Å². The van der Waals surface area contributed by atoms with Gasteiger partial charge < -0.3 is 10.4 Å². The Morgan fingerprint density at radius 3 is 2.68 bits per heavy atom. The van der Waals surface area contributed by atoms with Crippen molar-refractivity contribution in [3.63, 3.8) is 0 Å². The molecule has 2 N–H and O–H groups in total. The zero-order valence-electron chi connectivity index (χ0n) is 12.9. The van der Waals surface area contributed by atoms with E-state index in [4.69, 9.17) is 0 Å². The molecule has 1 aliphatic rings. The fraction of sp³-hybridized carbons (Fsp3) is 0.471. The minimum absolute atomic E-state index is 0.0821. The molecule has 5 heteroatoms. The number of aryl methyl sites for hydroxylation is 1. The monoisotopic (exact) mass is 298 g/mol. The molecule has 116 valence electrons. The van der Waals surface area contributed by atoms with Crippen molar-refractivity contribution in [3.05, 3.63) is 36.3 Å². The standard InChI is InChI=1S/C17H22N4O/c1-2-13-11-16(20-14-5-3-4-6-15(14)22)21-17(19-13)12-7-9-18-10-8-12/h7-11,14-15,22H,2-6H2,1H3,(H,19,20,21)/t14-,15-/m0/s1. The van der Waals surface area contributed by atoms with Gasteiger partial charge in [-0.25, -0.2) is 9.97 Å². The van der Waals surface area contributed by atoms with Crippen LogP contribution in [0.3, 0.4) is 0 Å². The van der Waals surface area contributed by atoms with E-state index in [9.17, 15) is 5.11 Å². The first kappa shape index (κ1) is 14.9. The highest BCUT2D eigenvalue weighted by Crippen LogP contribution is 2.23. The van der Waals surface area contributed by atoms with E-state index in [2.05, 4.69) is 27.2 Å².